The number of methoxy groups -OCH3 is 3. The van der Waals surface area contributed by atoms with E-state index in [1.54, 1.807) is 51.7 Å². The van der Waals surface area contributed by atoms with Crippen LogP contribution in [0.1, 0.15) is 18.9 Å². The van der Waals surface area contributed by atoms with Gasteiger partial charge in [-0.05, 0) is 43.2 Å². The molecular weight excluding hydrogens is 545 g/mol. The van der Waals surface area contributed by atoms with Crippen molar-refractivity contribution in [2.45, 2.75) is 24.8 Å². The quantitative estimate of drug-likeness (QED) is 0.183. The summed E-state index contributed by atoms with van der Waals surface area (Å²) in [6, 6.07) is 12.2. The molecule has 0 fully saturated rings. The van der Waals surface area contributed by atoms with Crippen LogP contribution in [0.4, 0.5) is 0 Å². The molecule has 10 heteroatoms. The predicted octanol–water partition coefficient (Wildman–Crippen LogP) is 3.25. The van der Waals surface area contributed by atoms with Crippen LogP contribution in [0.15, 0.2) is 52.4 Å². The van der Waals surface area contributed by atoms with Gasteiger partial charge in [-0.25, -0.2) is 13.4 Å². The fraction of sp³-hybridized carbons (Fsp3) is 0.409. The number of aliphatic imine (C=N–C) groups is 1. The largest absolute Gasteiger partial charge is 0.493 e. The molecule has 2 aromatic rings. The van der Waals surface area contributed by atoms with Gasteiger partial charge in [0.15, 0.2) is 27.3 Å². The second kappa shape index (κ2) is 14.0. The van der Waals surface area contributed by atoms with Crippen molar-refractivity contribution in [2.24, 2.45) is 4.99 Å². The molecule has 0 aliphatic heterocycles. The molecule has 0 aliphatic carbocycles. The number of benzene rings is 2. The molecule has 0 saturated carbocycles. The van der Waals surface area contributed by atoms with Crippen LogP contribution < -0.4 is 24.8 Å². The van der Waals surface area contributed by atoms with Crippen LogP contribution in [0.2, 0.25) is 0 Å². The molecule has 8 nitrogen and oxygen atoms in total. The summed E-state index contributed by atoms with van der Waals surface area (Å²) in [4.78, 5) is 4.92. The molecular formula is C22H32IN3O5S. The van der Waals surface area contributed by atoms with Crippen LogP contribution in [0.25, 0.3) is 0 Å². The van der Waals surface area contributed by atoms with E-state index in [-0.39, 0.29) is 29.7 Å². The Bertz CT molecular complexity index is 944. The summed E-state index contributed by atoms with van der Waals surface area (Å²) in [5, 5.41) is 6.35. The van der Waals surface area contributed by atoms with Crippen molar-refractivity contribution in [3.8, 4) is 17.2 Å². The summed E-state index contributed by atoms with van der Waals surface area (Å²) in [5.41, 5.74) is 0.887. The van der Waals surface area contributed by atoms with E-state index in [0.717, 1.165) is 5.56 Å². The lowest BCUT2D eigenvalue weighted by molar-refractivity contribution is 0.324. The van der Waals surface area contributed by atoms with Gasteiger partial charge in [-0.15, -0.1) is 24.0 Å². The lowest BCUT2D eigenvalue weighted by atomic mass is 10.2. The minimum atomic E-state index is -3.29. The van der Waals surface area contributed by atoms with Gasteiger partial charge in [-0.1, -0.05) is 18.2 Å². The van der Waals surface area contributed by atoms with Crippen LogP contribution in [-0.2, 0) is 16.4 Å². The van der Waals surface area contributed by atoms with Gasteiger partial charge in [-0.3, -0.25) is 0 Å². The zero-order chi connectivity index (χ0) is 22.7. The molecule has 0 amide bonds. The third-order valence-corrected chi connectivity index (χ3v) is 6.29. The average Bonchev–Trinajstić information content (AvgIpc) is 2.79. The Morgan fingerprint density at radius 2 is 1.59 bits per heavy atom. The molecule has 0 bridgehead atoms. The van der Waals surface area contributed by atoms with Gasteiger partial charge in [0.25, 0.3) is 0 Å². The van der Waals surface area contributed by atoms with E-state index in [1.165, 1.54) is 0 Å². The molecule has 0 heterocycles. The highest BCUT2D eigenvalue weighted by atomic mass is 127. The fourth-order valence-corrected chi connectivity index (χ4v) is 4.29. The summed E-state index contributed by atoms with van der Waals surface area (Å²) in [5.74, 6) is 2.33. The van der Waals surface area contributed by atoms with Crippen molar-refractivity contribution in [3.05, 3.63) is 48.0 Å². The Hall–Kier alpha value is -2.21. The predicted molar refractivity (Wildman–Crippen MR) is 137 cm³/mol. The first-order valence-corrected chi connectivity index (χ1v) is 11.7. The maximum absolute atomic E-state index is 12.4. The molecule has 0 aromatic heterocycles. The minimum Gasteiger partial charge on any atom is -0.493 e. The SMILES string of the molecule is CCNC(=NCc1cc(OC)c(OC)c(OC)c1)NCCCS(=O)(=O)c1ccccc1.I. The van der Waals surface area contributed by atoms with Crippen molar-refractivity contribution in [3.63, 3.8) is 0 Å². The molecule has 0 radical (unpaired) electrons. The first-order valence-electron chi connectivity index (χ1n) is 10.0. The molecule has 2 rings (SSSR count). The highest BCUT2D eigenvalue weighted by molar-refractivity contribution is 14.0. The first-order chi connectivity index (χ1) is 14.9. The van der Waals surface area contributed by atoms with Gasteiger partial charge in [0.05, 0.1) is 38.5 Å². The molecule has 0 aliphatic rings. The Balaban J connectivity index is 0.00000512. The van der Waals surface area contributed by atoms with Crippen molar-refractivity contribution in [2.75, 3.05) is 40.2 Å². The Kier molecular flexibility index (Phi) is 12.2. The van der Waals surface area contributed by atoms with Gasteiger partial charge >= 0.3 is 0 Å². The number of nitrogens with zero attached hydrogens (tertiary/aromatic N) is 1. The van der Waals surface area contributed by atoms with Gasteiger partial charge in [0.1, 0.15) is 0 Å². The number of ether oxygens (including phenoxy) is 3. The van der Waals surface area contributed by atoms with Crippen LogP contribution >= 0.6 is 24.0 Å². The van der Waals surface area contributed by atoms with Crippen LogP contribution in [0, 0.1) is 0 Å². The number of rotatable bonds is 11. The molecule has 2 aromatic carbocycles. The summed E-state index contributed by atoms with van der Waals surface area (Å²) < 4.78 is 40.9. The van der Waals surface area contributed by atoms with E-state index in [0.29, 0.717) is 54.2 Å². The molecule has 0 unspecified atom stereocenters. The van der Waals surface area contributed by atoms with E-state index in [4.69, 9.17) is 14.2 Å². The minimum absolute atomic E-state index is 0. The van der Waals surface area contributed by atoms with Crippen LogP contribution in [0.5, 0.6) is 17.2 Å². The number of halogens is 1. The normalized spacial score (nSPS) is 11.3. The van der Waals surface area contributed by atoms with Gasteiger partial charge in [0, 0.05) is 13.1 Å². The topological polar surface area (TPSA) is 98.2 Å². The maximum Gasteiger partial charge on any atom is 0.203 e. The van der Waals surface area contributed by atoms with Crippen molar-refractivity contribution < 1.29 is 22.6 Å². The van der Waals surface area contributed by atoms with Gasteiger partial charge in [-0.2, -0.15) is 0 Å². The Morgan fingerprint density at radius 3 is 2.12 bits per heavy atom. The third-order valence-electron chi connectivity index (χ3n) is 4.47. The summed E-state index contributed by atoms with van der Waals surface area (Å²) in [6.07, 6.45) is 0.464. The third kappa shape index (κ3) is 8.05. The first kappa shape index (κ1) is 27.8. The number of hydrogen-bond donors (Lipinski definition) is 2. The van der Waals surface area contributed by atoms with Crippen molar-refractivity contribution >= 4 is 39.8 Å². The molecule has 2 N–H and O–H groups in total. The molecule has 0 spiro atoms. The lowest BCUT2D eigenvalue weighted by Gasteiger charge is -2.14. The monoisotopic (exact) mass is 577 g/mol. The van der Waals surface area contributed by atoms with Crippen molar-refractivity contribution in [1.29, 1.82) is 0 Å². The van der Waals surface area contributed by atoms with Crippen LogP contribution in [0.3, 0.4) is 0 Å². The molecule has 0 saturated heterocycles. The Labute approximate surface area is 207 Å². The van der Waals surface area contributed by atoms with Gasteiger partial charge < -0.3 is 24.8 Å². The highest BCUT2D eigenvalue weighted by Crippen LogP contribution is 2.38. The number of guanidine groups is 1. The lowest BCUT2D eigenvalue weighted by Crippen LogP contribution is -2.38. The molecule has 178 valence electrons. The zero-order valence-corrected chi connectivity index (χ0v) is 22.0. The van der Waals surface area contributed by atoms with Crippen molar-refractivity contribution in [1.82, 2.24) is 10.6 Å². The number of sulfone groups is 1. The standard InChI is InChI=1S/C22H31N3O5S.HI/c1-5-23-22(24-12-9-13-31(26,27)18-10-7-6-8-11-18)25-16-17-14-19(28-2)21(30-4)20(15-17)29-3;/h6-8,10-11,14-15H,5,9,12-13,16H2,1-4H3,(H2,23,24,25);1H. The summed E-state index contributed by atoms with van der Waals surface area (Å²) in [7, 11) is 1.41. The van der Waals surface area contributed by atoms with E-state index in [2.05, 4.69) is 15.6 Å². The van der Waals surface area contributed by atoms with Gasteiger partial charge in [0.2, 0.25) is 5.75 Å². The smallest absolute Gasteiger partial charge is 0.203 e. The van der Waals surface area contributed by atoms with E-state index in [9.17, 15) is 8.42 Å². The highest BCUT2D eigenvalue weighted by Gasteiger charge is 2.14. The number of nitrogens with one attached hydrogen (secondary N) is 2. The molecule has 32 heavy (non-hydrogen) atoms. The van der Waals surface area contributed by atoms with E-state index >= 15 is 0 Å². The Morgan fingerprint density at radius 1 is 0.969 bits per heavy atom. The fourth-order valence-electron chi connectivity index (χ4n) is 2.95. The summed E-state index contributed by atoms with van der Waals surface area (Å²) in [6.45, 7) is 3.52. The zero-order valence-electron chi connectivity index (χ0n) is 18.9. The van der Waals surface area contributed by atoms with E-state index in [1.807, 2.05) is 19.1 Å². The molecule has 0 atom stereocenters. The van der Waals surface area contributed by atoms with E-state index < -0.39 is 9.84 Å². The average molecular weight is 577 g/mol. The summed E-state index contributed by atoms with van der Waals surface area (Å²) >= 11 is 0. The second-order valence-electron chi connectivity index (χ2n) is 6.64. The second-order valence-corrected chi connectivity index (χ2v) is 8.75. The maximum atomic E-state index is 12.4. The number of hydrogen-bond acceptors (Lipinski definition) is 6. The van der Waals surface area contributed by atoms with Crippen LogP contribution in [-0.4, -0.2) is 54.5 Å².